The maximum atomic E-state index is 12.6. The van der Waals surface area contributed by atoms with Gasteiger partial charge in [-0.2, -0.15) is 0 Å². The Hall–Kier alpha value is -3.07. The highest BCUT2D eigenvalue weighted by atomic mass is 16.6. The Morgan fingerprint density at radius 3 is 2.56 bits per heavy atom. The lowest BCUT2D eigenvalue weighted by Gasteiger charge is -2.20. The highest BCUT2D eigenvalue weighted by molar-refractivity contribution is 5.89. The lowest BCUT2D eigenvalue weighted by Crippen LogP contribution is -2.49. The molecule has 1 aromatic heterocycles. The molecule has 9 heteroatoms. The van der Waals surface area contributed by atoms with Crippen molar-refractivity contribution in [3.8, 4) is 0 Å². The molecular weight excluding hydrogens is 412 g/mol. The molecule has 0 radical (unpaired) electrons. The van der Waals surface area contributed by atoms with Crippen LogP contribution >= 0.6 is 0 Å². The first kappa shape index (κ1) is 25.2. The van der Waals surface area contributed by atoms with E-state index in [1.807, 2.05) is 30.5 Å². The van der Waals surface area contributed by atoms with Crippen molar-refractivity contribution in [1.82, 2.24) is 15.6 Å². The van der Waals surface area contributed by atoms with Gasteiger partial charge in [0.25, 0.3) is 0 Å². The molecule has 32 heavy (non-hydrogen) atoms. The summed E-state index contributed by atoms with van der Waals surface area (Å²) in [6.07, 6.45) is 3.27. The van der Waals surface area contributed by atoms with Gasteiger partial charge in [0.05, 0.1) is 13.2 Å². The fourth-order valence-corrected chi connectivity index (χ4v) is 3.28. The van der Waals surface area contributed by atoms with Crippen molar-refractivity contribution >= 4 is 28.9 Å². The smallest absolute Gasteiger partial charge is 0.407 e. The molecule has 2 amide bonds. The minimum absolute atomic E-state index is 0.337. The molecule has 0 aliphatic carbocycles. The van der Waals surface area contributed by atoms with E-state index in [0.717, 1.165) is 16.5 Å². The number of carbonyl (C=O) groups is 3. The summed E-state index contributed by atoms with van der Waals surface area (Å²) in [5.41, 5.74) is 7.46. The monoisotopic (exact) mass is 446 g/mol. The molecule has 176 valence electrons. The zero-order valence-corrected chi connectivity index (χ0v) is 19.2. The molecule has 2 aromatic rings. The van der Waals surface area contributed by atoms with E-state index < -0.39 is 35.7 Å². The van der Waals surface area contributed by atoms with Crippen LogP contribution in [-0.4, -0.2) is 54.3 Å². The number of aromatic nitrogens is 1. The Morgan fingerprint density at radius 1 is 1.16 bits per heavy atom. The third-order valence-corrected chi connectivity index (χ3v) is 4.84. The highest BCUT2D eigenvalue weighted by Gasteiger charge is 2.25. The van der Waals surface area contributed by atoms with Crippen LogP contribution in [0.25, 0.3) is 10.9 Å². The minimum Gasteiger partial charge on any atom is -0.467 e. The third kappa shape index (κ3) is 7.88. The molecule has 0 bridgehead atoms. The molecule has 9 nitrogen and oxygen atoms in total. The average Bonchev–Trinajstić information content (AvgIpc) is 3.13. The molecule has 2 atom stereocenters. The largest absolute Gasteiger partial charge is 0.467 e. The minimum atomic E-state index is -0.810. The number of ether oxygens (including phenoxy) is 2. The second-order valence-corrected chi connectivity index (χ2v) is 8.68. The van der Waals surface area contributed by atoms with Crippen molar-refractivity contribution in [3.63, 3.8) is 0 Å². The predicted molar refractivity (Wildman–Crippen MR) is 122 cm³/mol. The molecule has 0 spiro atoms. The number of methoxy groups -OCH3 is 1. The van der Waals surface area contributed by atoms with Crippen LogP contribution in [0.1, 0.15) is 45.6 Å². The Bertz CT molecular complexity index is 918. The molecule has 1 heterocycles. The van der Waals surface area contributed by atoms with E-state index >= 15 is 0 Å². The van der Waals surface area contributed by atoms with Crippen molar-refractivity contribution in [2.75, 3.05) is 13.7 Å². The molecule has 0 fully saturated rings. The number of hydrogen-bond acceptors (Lipinski definition) is 6. The summed E-state index contributed by atoms with van der Waals surface area (Å²) in [4.78, 5) is 39.6. The van der Waals surface area contributed by atoms with Gasteiger partial charge in [-0.25, -0.2) is 9.59 Å². The molecule has 0 aliphatic heterocycles. The van der Waals surface area contributed by atoms with E-state index in [1.54, 1.807) is 20.8 Å². The highest BCUT2D eigenvalue weighted by Crippen LogP contribution is 2.19. The number of carbonyl (C=O) groups excluding carboxylic acids is 3. The van der Waals surface area contributed by atoms with Gasteiger partial charge < -0.3 is 30.8 Å². The maximum Gasteiger partial charge on any atom is 0.407 e. The summed E-state index contributed by atoms with van der Waals surface area (Å²) in [5.74, 6) is -0.949. The number of H-pyrrole nitrogens is 1. The lowest BCUT2D eigenvalue weighted by molar-refractivity contribution is -0.145. The normalized spacial score (nSPS) is 13.3. The van der Waals surface area contributed by atoms with E-state index in [9.17, 15) is 14.4 Å². The van der Waals surface area contributed by atoms with Gasteiger partial charge in [-0.1, -0.05) is 18.2 Å². The Kier molecular flexibility index (Phi) is 9.07. The molecule has 5 N–H and O–H groups in total. The standard InChI is InChI=1S/C23H34N4O5/c1-23(2,3)32-22(30)25-12-8-7-11-19(21(29)31-4)27-20(28)17(24)13-15-14-26-18-10-6-5-9-16(15)18/h5-6,9-10,14,17,19,26H,7-8,11-13,24H2,1-4H3,(H,25,30)(H,27,28)/t17-,19-/m1/s1. The van der Waals surface area contributed by atoms with Crippen molar-refractivity contribution < 1.29 is 23.9 Å². The summed E-state index contributed by atoms with van der Waals surface area (Å²) in [5, 5.41) is 6.38. The molecular formula is C23H34N4O5. The second-order valence-electron chi connectivity index (χ2n) is 8.68. The molecule has 2 rings (SSSR count). The first-order valence-corrected chi connectivity index (χ1v) is 10.8. The number of esters is 1. The fourth-order valence-electron chi connectivity index (χ4n) is 3.28. The zero-order valence-electron chi connectivity index (χ0n) is 19.2. The molecule has 0 aliphatic rings. The Balaban J connectivity index is 1.82. The van der Waals surface area contributed by atoms with Gasteiger partial charge in [0.2, 0.25) is 5.91 Å². The van der Waals surface area contributed by atoms with Crippen LogP contribution < -0.4 is 16.4 Å². The number of benzene rings is 1. The number of hydrogen-bond donors (Lipinski definition) is 4. The van der Waals surface area contributed by atoms with Gasteiger partial charge in [0, 0.05) is 23.6 Å². The number of nitrogens with two attached hydrogens (primary N) is 1. The van der Waals surface area contributed by atoms with Gasteiger partial charge in [-0.15, -0.1) is 0 Å². The van der Waals surface area contributed by atoms with Crippen molar-refractivity contribution in [1.29, 1.82) is 0 Å². The van der Waals surface area contributed by atoms with Crippen LogP contribution in [0.3, 0.4) is 0 Å². The van der Waals surface area contributed by atoms with Crippen LogP contribution in [0.15, 0.2) is 30.5 Å². The zero-order chi connectivity index (χ0) is 23.7. The number of rotatable bonds is 10. The predicted octanol–water partition coefficient (Wildman–Crippen LogP) is 2.39. The summed E-state index contributed by atoms with van der Waals surface area (Å²) in [6, 6.07) is 6.16. The van der Waals surface area contributed by atoms with E-state index in [1.165, 1.54) is 7.11 Å². The molecule has 0 unspecified atom stereocenters. The summed E-state index contributed by atoms with van der Waals surface area (Å²) in [7, 11) is 1.28. The number of amides is 2. The van der Waals surface area contributed by atoms with E-state index in [2.05, 4.69) is 15.6 Å². The number of fused-ring (bicyclic) bond motifs is 1. The number of para-hydroxylation sites is 1. The summed E-state index contributed by atoms with van der Waals surface area (Å²) >= 11 is 0. The average molecular weight is 447 g/mol. The lowest BCUT2D eigenvalue weighted by atomic mass is 10.0. The van der Waals surface area contributed by atoms with Gasteiger partial charge in [0.15, 0.2) is 0 Å². The van der Waals surface area contributed by atoms with Crippen LogP contribution in [0.4, 0.5) is 4.79 Å². The maximum absolute atomic E-state index is 12.6. The van der Waals surface area contributed by atoms with Crippen molar-refractivity contribution in [3.05, 3.63) is 36.0 Å². The Morgan fingerprint density at radius 2 is 1.88 bits per heavy atom. The number of aromatic amines is 1. The van der Waals surface area contributed by atoms with Crippen LogP contribution in [0.5, 0.6) is 0 Å². The van der Waals surface area contributed by atoms with E-state index in [4.69, 9.17) is 15.2 Å². The van der Waals surface area contributed by atoms with Crippen LogP contribution in [-0.2, 0) is 25.5 Å². The second kappa shape index (κ2) is 11.5. The van der Waals surface area contributed by atoms with Gasteiger partial charge in [-0.05, 0) is 58.1 Å². The van der Waals surface area contributed by atoms with Crippen molar-refractivity contribution in [2.24, 2.45) is 5.73 Å². The number of alkyl carbamates (subject to hydrolysis) is 1. The number of nitrogens with one attached hydrogen (secondary N) is 3. The first-order valence-electron chi connectivity index (χ1n) is 10.8. The quantitative estimate of drug-likeness (QED) is 0.327. The topological polar surface area (TPSA) is 136 Å². The van der Waals surface area contributed by atoms with Gasteiger partial charge >= 0.3 is 12.1 Å². The SMILES string of the molecule is COC(=O)[C@@H](CCCCNC(=O)OC(C)(C)C)NC(=O)[C@H](N)Cc1c[nH]c2ccccc12. The van der Waals surface area contributed by atoms with Crippen molar-refractivity contribution in [2.45, 2.75) is 64.1 Å². The summed E-state index contributed by atoms with van der Waals surface area (Å²) in [6.45, 7) is 5.77. The first-order chi connectivity index (χ1) is 15.1. The third-order valence-electron chi connectivity index (χ3n) is 4.84. The molecule has 0 saturated carbocycles. The van der Waals surface area contributed by atoms with Gasteiger partial charge in [-0.3, -0.25) is 4.79 Å². The van der Waals surface area contributed by atoms with Crippen LogP contribution in [0.2, 0.25) is 0 Å². The van der Waals surface area contributed by atoms with Gasteiger partial charge in [0.1, 0.15) is 11.6 Å². The van der Waals surface area contributed by atoms with E-state index in [-0.39, 0.29) is 0 Å². The van der Waals surface area contributed by atoms with Crippen LogP contribution in [0, 0.1) is 0 Å². The fraction of sp³-hybridized carbons (Fsp3) is 0.522. The molecule has 0 saturated heterocycles. The molecule has 1 aromatic carbocycles. The number of unbranched alkanes of at least 4 members (excludes halogenated alkanes) is 1. The Labute approximate surface area is 188 Å². The van der Waals surface area contributed by atoms with E-state index in [0.29, 0.717) is 32.2 Å². The summed E-state index contributed by atoms with van der Waals surface area (Å²) < 4.78 is 9.99.